The van der Waals surface area contributed by atoms with Crippen LogP contribution in [0, 0.1) is 29.6 Å². The molecule has 0 heterocycles. The number of ether oxygens (including phenoxy) is 1. The third-order valence-electron chi connectivity index (χ3n) is 3.35. The Bertz CT molecular complexity index is 137. The third kappa shape index (κ3) is 2.46. The fourth-order valence-electron chi connectivity index (χ4n) is 2.78. The molecule has 13 heavy (non-hydrogen) atoms. The summed E-state index contributed by atoms with van der Waals surface area (Å²) in [4.78, 5) is 0. The maximum atomic E-state index is 5.52. The van der Waals surface area contributed by atoms with Crippen LogP contribution >= 0.6 is 0 Å². The SMILES string of the molecule is CCOCC1C(C(C)C)C1C(C)C. The average molecular weight is 184 g/mol. The lowest BCUT2D eigenvalue weighted by Gasteiger charge is -2.04. The molecule has 0 N–H and O–H groups in total. The molecular formula is C12H24O. The van der Waals surface area contributed by atoms with Crippen LogP contribution in [0.25, 0.3) is 0 Å². The Morgan fingerprint density at radius 3 is 1.77 bits per heavy atom. The molecule has 1 aliphatic carbocycles. The van der Waals surface area contributed by atoms with Crippen molar-refractivity contribution in [1.29, 1.82) is 0 Å². The summed E-state index contributed by atoms with van der Waals surface area (Å²) in [5.41, 5.74) is 0. The monoisotopic (exact) mass is 184 g/mol. The van der Waals surface area contributed by atoms with E-state index in [1.54, 1.807) is 0 Å². The molecule has 0 spiro atoms. The summed E-state index contributed by atoms with van der Waals surface area (Å²) in [6, 6.07) is 0. The van der Waals surface area contributed by atoms with Crippen molar-refractivity contribution in [3.63, 3.8) is 0 Å². The van der Waals surface area contributed by atoms with Crippen LogP contribution in [0.2, 0.25) is 0 Å². The second kappa shape index (κ2) is 4.45. The van der Waals surface area contributed by atoms with Crippen molar-refractivity contribution in [3.05, 3.63) is 0 Å². The zero-order valence-electron chi connectivity index (χ0n) is 9.71. The van der Waals surface area contributed by atoms with Crippen molar-refractivity contribution in [1.82, 2.24) is 0 Å². The van der Waals surface area contributed by atoms with Gasteiger partial charge in [-0.1, -0.05) is 27.7 Å². The first-order valence-electron chi connectivity index (χ1n) is 5.67. The minimum Gasteiger partial charge on any atom is -0.381 e. The van der Waals surface area contributed by atoms with E-state index in [0.717, 1.165) is 42.8 Å². The predicted molar refractivity (Wildman–Crippen MR) is 56.6 cm³/mol. The molecule has 0 aliphatic heterocycles. The van der Waals surface area contributed by atoms with Crippen LogP contribution in [0.4, 0.5) is 0 Å². The van der Waals surface area contributed by atoms with Gasteiger partial charge in [0.25, 0.3) is 0 Å². The predicted octanol–water partition coefficient (Wildman–Crippen LogP) is 3.20. The molecule has 0 radical (unpaired) electrons. The molecule has 1 fully saturated rings. The summed E-state index contributed by atoms with van der Waals surface area (Å²) in [6.45, 7) is 13.3. The summed E-state index contributed by atoms with van der Waals surface area (Å²) >= 11 is 0. The van der Waals surface area contributed by atoms with Crippen molar-refractivity contribution in [2.24, 2.45) is 29.6 Å². The fraction of sp³-hybridized carbons (Fsp3) is 1.00. The van der Waals surface area contributed by atoms with Crippen LogP contribution in [0.5, 0.6) is 0 Å². The minimum atomic E-state index is 0.831. The molecule has 0 bridgehead atoms. The smallest absolute Gasteiger partial charge is 0.0499 e. The Labute approximate surface area is 82.9 Å². The topological polar surface area (TPSA) is 9.23 Å². The molecule has 2 unspecified atom stereocenters. The van der Waals surface area contributed by atoms with E-state index in [0.29, 0.717) is 0 Å². The molecule has 0 aromatic carbocycles. The van der Waals surface area contributed by atoms with E-state index in [2.05, 4.69) is 34.6 Å². The second-order valence-corrected chi connectivity index (χ2v) is 4.97. The number of hydrogen-bond acceptors (Lipinski definition) is 1. The molecule has 1 nitrogen and oxygen atoms in total. The van der Waals surface area contributed by atoms with Gasteiger partial charge < -0.3 is 4.74 Å². The van der Waals surface area contributed by atoms with Crippen LogP contribution < -0.4 is 0 Å². The molecule has 1 heteroatoms. The molecule has 1 saturated carbocycles. The molecular weight excluding hydrogens is 160 g/mol. The zero-order chi connectivity index (χ0) is 10.0. The molecule has 1 rings (SSSR count). The van der Waals surface area contributed by atoms with Crippen LogP contribution in [0.1, 0.15) is 34.6 Å². The van der Waals surface area contributed by atoms with E-state index >= 15 is 0 Å². The average Bonchev–Trinajstić information content (AvgIpc) is 2.74. The summed E-state index contributed by atoms with van der Waals surface area (Å²) in [5.74, 6) is 4.36. The molecule has 2 atom stereocenters. The van der Waals surface area contributed by atoms with Crippen LogP contribution in [0.3, 0.4) is 0 Å². The van der Waals surface area contributed by atoms with E-state index < -0.39 is 0 Å². The lowest BCUT2D eigenvalue weighted by atomic mass is 10.0. The van der Waals surface area contributed by atoms with Gasteiger partial charge in [-0.3, -0.25) is 0 Å². The van der Waals surface area contributed by atoms with E-state index in [4.69, 9.17) is 4.74 Å². The van der Waals surface area contributed by atoms with E-state index in [1.807, 2.05) is 0 Å². The summed E-state index contributed by atoms with van der Waals surface area (Å²) in [6.07, 6.45) is 0. The maximum Gasteiger partial charge on any atom is 0.0499 e. The van der Waals surface area contributed by atoms with Gasteiger partial charge in [-0.2, -0.15) is 0 Å². The van der Waals surface area contributed by atoms with Crippen molar-refractivity contribution in [3.8, 4) is 0 Å². The Morgan fingerprint density at radius 1 is 1.00 bits per heavy atom. The lowest BCUT2D eigenvalue weighted by molar-refractivity contribution is 0.127. The normalized spacial score (nSPS) is 33.0. The Balaban J connectivity index is 2.37. The summed E-state index contributed by atoms with van der Waals surface area (Å²) in [7, 11) is 0. The van der Waals surface area contributed by atoms with Crippen LogP contribution in [-0.2, 0) is 4.74 Å². The number of rotatable bonds is 5. The fourth-order valence-corrected chi connectivity index (χ4v) is 2.78. The molecule has 0 aromatic heterocycles. The Morgan fingerprint density at radius 2 is 1.46 bits per heavy atom. The van der Waals surface area contributed by atoms with Gasteiger partial charge in [-0.25, -0.2) is 0 Å². The number of hydrogen-bond donors (Lipinski definition) is 0. The Hall–Kier alpha value is -0.0400. The first-order valence-corrected chi connectivity index (χ1v) is 5.67. The van der Waals surface area contributed by atoms with Gasteiger partial charge in [0.15, 0.2) is 0 Å². The first kappa shape index (κ1) is 11.0. The third-order valence-corrected chi connectivity index (χ3v) is 3.35. The van der Waals surface area contributed by atoms with Gasteiger partial charge in [0.05, 0.1) is 0 Å². The van der Waals surface area contributed by atoms with Crippen molar-refractivity contribution < 1.29 is 4.74 Å². The van der Waals surface area contributed by atoms with Gasteiger partial charge in [0.1, 0.15) is 0 Å². The highest BCUT2D eigenvalue weighted by Crippen LogP contribution is 2.54. The van der Waals surface area contributed by atoms with Gasteiger partial charge in [-0.05, 0) is 36.5 Å². The van der Waals surface area contributed by atoms with E-state index in [9.17, 15) is 0 Å². The maximum absolute atomic E-state index is 5.52. The zero-order valence-corrected chi connectivity index (χ0v) is 9.71. The Kier molecular flexibility index (Phi) is 3.78. The second-order valence-electron chi connectivity index (χ2n) is 4.97. The molecule has 78 valence electrons. The largest absolute Gasteiger partial charge is 0.381 e. The van der Waals surface area contributed by atoms with Gasteiger partial charge in [0.2, 0.25) is 0 Å². The minimum absolute atomic E-state index is 0.831. The van der Waals surface area contributed by atoms with Crippen LogP contribution in [0.15, 0.2) is 0 Å². The molecule has 0 saturated heterocycles. The summed E-state index contributed by atoms with van der Waals surface area (Å²) < 4.78 is 5.52. The van der Waals surface area contributed by atoms with E-state index in [-0.39, 0.29) is 0 Å². The van der Waals surface area contributed by atoms with Crippen molar-refractivity contribution in [2.75, 3.05) is 13.2 Å². The summed E-state index contributed by atoms with van der Waals surface area (Å²) in [5, 5.41) is 0. The van der Waals surface area contributed by atoms with Gasteiger partial charge in [-0.15, -0.1) is 0 Å². The van der Waals surface area contributed by atoms with Crippen LogP contribution in [-0.4, -0.2) is 13.2 Å². The van der Waals surface area contributed by atoms with Gasteiger partial charge >= 0.3 is 0 Å². The highest BCUT2D eigenvalue weighted by Gasteiger charge is 2.52. The van der Waals surface area contributed by atoms with E-state index in [1.165, 1.54) is 0 Å². The van der Waals surface area contributed by atoms with Gasteiger partial charge in [0, 0.05) is 13.2 Å². The highest BCUT2D eigenvalue weighted by atomic mass is 16.5. The van der Waals surface area contributed by atoms with Crippen molar-refractivity contribution >= 4 is 0 Å². The molecule has 1 aliphatic rings. The highest BCUT2D eigenvalue weighted by molar-refractivity contribution is 4.99. The van der Waals surface area contributed by atoms with Crippen molar-refractivity contribution in [2.45, 2.75) is 34.6 Å². The molecule has 0 amide bonds. The standard InChI is InChI=1S/C12H24O/c1-6-13-7-10-11(8(2)3)12(10)9(4)5/h8-12H,6-7H2,1-5H3. The molecule has 0 aromatic rings. The quantitative estimate of drug-likeness (QED) is 0.637. The first-order chi connectivity index (χ1) is 6.09. The lowest BCUT2D eigenvalue weighted by Crippen LogP contribution is -2.00.